The number of furan rings is 1. The first kappa shape index (κ1) is 25.0. The molecule has 1 amide bonds. The zero-order chi connectivity index (χ0) is 25.2. The van der Waals surface area contributed by atoms with Gasteiger partial charge in [0.25, 0.3) is 5.91 Å². The quantitative estimate of drug-likeness (QED) is 0.289. The van der Waals surface area contributed by atoms with Crippen molar-refractivity contribution in [1.29, 1.82) is 0 Å². The molecule has 0 aliphatic rings. The first-order valence-corrected chi connectivity index (χ1v) is 11.5. The number of likely N-dealkylation sites (N-methyl/N-ethyl adjacent to an activating group) is 1. The molecule has 2 atom stereocenters. The number of hydrogen-bond donors (Lipinski definition) is 4. The van der Waals surface area contributed by atoms with Crippen molar-refractivity contribution in [2.45, 2.75) is 33.7 Å². The number of hydrogen-bond acceptors (Lipinski definition) is 8. The molecule has 2 heterocycles. The number of aromatic nitrogens is 2. The van der Waals surface area contributed by atoms with Crippen LogP contribution in [-0.4, -0.2) is 53.9 Å². The number of amides is 1. The number of carbonyl (C=O) groups is 2. The molecule has 0 saturated heterocycles. The molecule has 11 nitrogen and oxygen atoms in total. The Hall–Kier alpha value is -3.64. The van der Waals surface area contributed by atoms with Crippen molar-refractivity contribution in [1.82, 2.24) is 13.6 Å². The summed E-state index contributed by atoms with van der Waals surface area (Å²) in [6.45, 7) is 7.28. The van der Waals surface area contributed by atoms with E-state index >= 15 is 0 Å². The minimum Gasteiger partial charge on any atom is -0.548 e. The van der Waals surface area contributed by atoms with Crippen molar-refractivity contribution in [3.8, 4) is 5.75 Å². The van der Waals surface area contributed by atoms with Gasteiger partial charge < -0.3 is 29.4 Å². The number of H-pyrrole nitrogens is 1. The third kappa shape index (κ3) is 5.64. The Morgan fingerprint density at radius 1 is 1.32 bits per heavy atom. The fourth-order valence-corrected chi connectivity index (χ4v) is 3.95. The number of carboxylic acid groups (broad SMARTS) is 1. The topological polar surface area (TPSA) is 167 Å². The van der Waals surface area contributed by atoms with Gasteiger partial charge in [0.1, 0.15) is 24.1 Å². The highest BCUT2D eigenvalue weighted by molar-refractivity contribution is 7.13. The van der Waals surface area contributed by atoms with Crippen LogP contribution >= 0.6 is 11.1 Å². The molecule has 0 saturated carbocycles. The van der Waals surface area contributed by atoms with Gasteiger partial charge in [0.2, 0.25) is 11.3 Å². The largest absolute Gasteiger partial charge is 0.548 e. The summed E-state index contributed by atoms with van der Waals surface area (Å²) in [5.41, 5.74) is -0.134. The summed E-state index contributed by atoms with van der Waals surface area (Å²) in [5.74, 6) is -0.784. The lowest BCUT2D eigenvalue weighted by molar-refractivity contribution is -0.137. The molecule has 0 spiro atoms. The van der Waals surface area contributed by atoms with E-state index in [9.17, 15) is 19.2 Å². The number of nitrogens with one attached hydrogen (secondary N) is 2. The Bertz CT molecular complexity index is 1270. The smallest absolute Gasteiger partial charge is 0.323 e. The van der Waals surface area contributed by atoms with Crippen LogP contribution in [0.15, 0.2) is 39.7 Å². The Morgan fingerprint density at radius 2 is 2.03 bits per heavy atom. The number of benzene rings is 1. The van der Waals surface area contributed by atoms with Crippen molar-refractivity contribution in [3.05, 3.63) is 52.9 Å². The highest BCUT2D eigenvalue weighted by Gasteiger charge is 2.29. The summed E-state index contributed by atoms with van der Waals surface area (Å²) >= 11 is -1.79. The van der Waals surface area contributed by atoms with Gasteiger partial charge in [-0.1, -0.05) is 26.8 Å². The van der Waals surface area contributed by atoms with Crippen LogP contribution in [0.4, 0.5) is 11.5 Å². The second-order valence-corrected chi connectivity index (χ2v) is 9.75. The van der Waals surface area contributed by atoms with Crippen molar-refractivity contribution in [2.75, 3.05) is 18.9 Å². The molecule has 12 heteroatoms. The fourth-order valence-electron chi connectivity index (χ4n) is 3.29. The van der Waals surface area contributed by atoms with Gasteiger partial charge in [-0.25, -0.2) is 4.99 Å². The average Bonchev–Trinajstić information content (AvgIpc) is 3.30. The summed E-state index contributed by atoms with van der Waals surface area (Å²) in [6, 6.07) is 7.63. The van der Waals surface area contributed by atoms with Gasteiger partial charge in [-0.05, 0) is 36.6 Å². The first-order valence-electron chi connectivity index (χ1n) is 10.3. The number of rotatable bonds is 7. The first-order chi connectivity index (χ1) is 15.9. The Kier molecular flexibility index (Phi) is 7.12. The predicted molar refractivity (Wildman–Crippen MR) is 124 cm³/mol. The number of aliphatic carboxylic acids is 1. The lowest BCUT2D eigenvalue weighted by Crippen LogP contribution is -2.32. The lowest BCUT2D eigenvalue weighted by atomic mass is 9.86. The van der Waals surface area contributed by atoms with Crippen LogP contribution < -0.4 is 10.8 Å². The van der Waals surface area contributed by atoms with E-state index in [1.54, 1.807) is 0 Å². The number of nitrogens with zero attached hydrogens (tertiary/aromatic N) is 3. The van der Waals surface area contributed by atoms with Crippen LogP contribution in [0.2, 0.25) is 0 Å². The van der Waals surface area contributed by atoms with Crippen LogP contribution in [0.5, 0.6) is 5.75 Å². The highest BCUT2D eigenvalue weighted by Crippen LogP contribution is 2.37. The third-order valence-electron chi connectivity index (χ3n) is 4.93. The molecule has 3 rings (SSSR count). The number of carboxylic acids is 1. The van der Waals surface area contributed by atoms with Crippen LogP contribution in [0.25, 0.3) is 0 Å². The SMILES string of the molecule is Cc1ccc(C(N=c2[nH][s+]([O-])nc2Nc2cccc(C(=O)N(C)CC(=O)O)c2O)C(C)(C)C)o1. The third-order valence-corrected chi connectivity index (χ3v) is 5.65. The summed E-state index contributed by atoms with van der Waals surface area (Å²) < 4.78 is 24.6. The van der Waals surface area contributed by atoms with Crippen molar-refractivity contribution < 1.29 is 28.8 Å². The fraction of sp³-hybridized carbons (Fsp3) is 0.364. The Morgan fingerprint density at radius 3 is 2.62 bits per heavy atom. The second-order valence-electron chi connectivity index (χ2n) is 8.87. The van der Waals surface area contributed by atoms with Gasteiger partial charge in [-0.2, -0.15) is 0 Å². The van der Waals surface area contributed by atoms with Gasteiger partial charge in [0.05, 0.1) is 11.3 Å². The molecule has 3 aromatic rings. The molecule has 0 aliphatic heterocycles. The second kappa shape index (κ2) is 9.69. The molecular weight excluding hydrogens is 462 g/mol. The van der Waals surface area contributed by atoms with E-state index < -0.39 is 41.4 Å². The monoisotopic (exact) mass is 489 g/mol. The molecule has 0 radical (unpaired) electrons. The summed E-state index contributed by atoms with van der Waals surface area (Å²) in [6.07, 6.45) is 0. The van der Waals surface area contributed by atoms with Gasteiger partial charge in [-0.15, -0.1) is 4.37 Å². The summed E-state index contributed by atoms with van der Waals surface area (Å²) in [5, 5.41) is 22.5. The maximum Gasteiger partial charge on any atom is 0.323 e. The maximum absolute atomic E-state index is 12.6. The maximum atomic E-state index is 12.6. The van der Waals surface area contributed by atoms with Crippen LogP contribution in [0, 0.1) is 12.3 Å². The number of para-hydroxylation sites is 1. The lowest BCUT2D eigenvalue weighted by Gasteiger charge is -2.25. The van der Waals surface area contributed by atoms with E-state index in [0.29, 0.717) is 5.76 Å². The number of aromatic hydroxyl groups is 1. The number of phenolic OH excluding ortho intramolecular Hbond substituents is 1. The molecule has 2 unspecified atom stereocenters. The normalized spacial score (nSPS) is 13.6. The minimum absolute atomic E-state index is 0.0986. The number of phenols is 1. The van der Waals surface area contributed by atoms with E-state index in [1.165, 1.54) is 25.2 Å². The van der Waals surface area contributed by atoms with E-state index in [2.05, 4.69) is 14.1 Å². The molecule has 4 N–H and O–H groups in total. The van der Waals surface area contributed by atoms with Crippen molar-refractivity contribution in [2.24, 2.45) is 10.4 Å². The zero-order valence-corrected chi connectivity index (χ0v) is 20.3. The molecule has 0 bridgehead atoms. The zero-order valence-electron chi connectivity index (χ0n) is 19.4. The van der Waals surface area contributed by atoms with Crippen LogP contribution in [-0.2, 0) is 4.79 Å². The van der Waals surface area contributed by atoms with Crippen molar-refractivity contribution in [3.63, 3.8) is 0 Å². The number of aromatic amines is 1. The molecular formula is C22H27N5O6S. The molecule has 0 aliphatic carbocycles. The van der Waals surface area contributed by atoms with Gasteiger partial charge >= 0.3 is 5.97 Å². The van der Waals surface area contributed by atoms with Crippen LogP contribution in [0.3, 0.4) is 0 Å². The van der Waals surface area contributed by atoms with Gasteiger partial charge in [0.15, 0.2) is 16.9 Å². The predicted octanol–water partition coefficient (Wildman–Crippen LogP) is 3.33. The molecule has 1 aromatic carbocycles. The van der Waals surface area contributed by atoms with Crippen LogP contribution in [0.1, 0.15) is 48.7 Å². The Labute approximate surface area is 198 Å². The summed E-state index contributed by atoms with van der Waals surface area (Å²) in [4.78, 5) is 29.2. The highest BCUT2D eigenvalue weighted by atomic mass is 32.2. The minimum atomic E-state index is -1.79. The number of aryl methyl sites for hydroxylation is 1. The molecule has 182 valence electrons. The average molecular weight is 490 g/mol. The van der Waals surface area contributed by atoms with Crippen molar-refractivity contribution >= 4 is 34.5 Å². The van der Waals surface area contributed by atoms with Gasteiger partial charge in [-0.3, -0.25) is 9.59 Å². The van der Waals surface area contributed by atoms with E-state index in [4.69, 9.17) is 14.5 Å². The molecule has 0 fully saturated rings. The van der Waals surface area contributed by atoms with E-state index in [1.807, 2.05) is 39.8 Å². The number of carbonyl (C=O) groups excluding carboxylic acids is 1. The summed E-state index contributed by atoms with van der Waals surface area (Å²) in [7, 11) is 1.32. The molecule has 34 heavy (non-hydrogen) atoms. The van der Waals surface area contributed by atoms with E-state index in [-0.39, 0.29) is 28.0 Å². The standard InChI is InChI=1S/C22H27N5O6S/c1-12-9-10-15(33-12)18(22(2,3)4)24-20-19(25-34(32)26-20)23-14-8-6-7-13(17(14)30)21(31)27(5)11-16(28)29/h6-10,18,30H,11H2,1-5H3,(H,23,25)(H,24,26)(H,28,29). The van der Waals surface area contributed by atoms with Gasteiger partial charge in [0, 0.05) is 11.4 Å². The Balaban J connectivity index is 2.00. The number of anilines is 2. The molecule has 2 aromatic heterocycles. The van der Waals surface area contributed by atoms with E-state index in [0.717, 1.165) is 10.7 Å².